The van der Waals surface area contributed by atoms with Gasteiger partial charge in [0.15, 0.2) is 0 Å². The molecule has 0 radical (unpaired) electrons. The molecule has 0 heterocycles. The van der Waals surface area contributed by atoms with Crippen LogP contribution in [-0.2, 0) is 0 Å². The number of halogens is 2. The summed E-state index contributed by atoms with van der Waals surface area (Å²) in [5.41, 5.74) is 0. The van der Waals surface area contributed by atoms with Crippen molar-refractivity contribution < 1.29 is 22.0 Å². The van der Waals surface area contributed by atoms with Crippen LogP contribution in [0.2, 0.25) is 0 Å². The molecule has 0 rings (SSSR count). The van der Waals surface area contributed by atoms with Gasteiger partial charge in [0.05, 0.1) is 20.6 Å². The topological polar surface area (TPSA) is 20.2 Å². The van der Waals surface area contributed by atoms with E-state index < -0.39 is 0 Å². The van der Waals surface area contributed by atoms with E-state index in [2.05, 4.69) is 36.9 Å². The predicted octanol–water partition coefficient (Wildman–Crippen LogP) is 3.30. The molecule has 0 saturated carbocycles. The van der Waals surface area contributed by atoms with Gasteiger partial charge >= 0.3 is 0 Å². The lowest BCUT2D eigenvalue weighted by atomic mass is 10.0. The molecular formula is C21H45BrClNO. The van der Waals surface area contributed by atoms with Crippen molar-refractivity contribution in [2.75, 3.05) is 32.5 Å². The molecule has 4 heteroatoms. The minimum atomic E-state index is -0.216. The molecule has 2 nitrogen and oxygen atoms in total. The molecule has 0 aliphatic rings. The van der Waals surface area contributed by atoms with Gasteiger partial charge in [-0.2, -0.15) is 0 Å². The van der Waals surface area contributed by atoms with Crippen molar-refractivity contribution in [3.8, 4) is 0 Å². The monoisotopic (exact) mass is 441 g/mol. The second kappa shape index (κ2) is 19.5. The number of hydrogen-bond acceptors (Lipinski definition) is 1. The third kappa shape index (κ3) is 20.9. The Bertz CT molecular complexity index is 264. The van der Waals surface area contributed by atoms with Crippen LogP contribution in [0.5, 0.6) is 0 Å². The number of unbranched alkanes of at least 4 members (excludes halogenated alkanes) is 13. The highest BCUT2D eigenvalue weighted by Crippen LogP contribution is 2.13. The Labute approximate surface area is 173 Å². The molecule has 0 aliphatic heterocycles. The van der Waals surface area contributed by atoms with Crippen molar-refractivity contribution in [2.24, 2.45) is 0 Å². The molecule has 0 aliphatic carbocycles. The third-order valence-corrected chi connectivity index (χ3v) is 5.75. The number of likely N-dealkylation sites (N-methyl/N-ethyl adjacent to an activating group) is 1. The molecule has 154 valence electrons. The zero-order chi connectivity index (χ0) is 18.1. The van der Waals surface area contributed by atoms with Gasteiger partial charge in [-0.25, -0.2) is 0 Å². The first-order valence-electron chi connectivity index (χ1n) is 10.6. The van der Waals surface area contributed by atoms with Crippen LogP contribution in [0.3, 0.4) is 0 Å². The third-order valence-electron chi connectivity index (χ3n) is 5.00. The molecule has 0 aromatic carbocycles. The lowest BCUT2D eigenvalue weighted by Crippen LogP contribution is -3.00. The number of quaternary nitrogens is 1. The second-order valence-electron chi connectivity index (χ2n) is 8.25. The first-order valence-corrected chi connectivity index (χ1v) is 11.7. The highest BCUT2D eigenvalue weighted by molar-refractivity contribution is 9.09. The number of aliphatic hydroxyl groups is 1. The quantitative estimate of drug-likeness (QED) is 0.196. The molecular weight excluding hydrogens is 398 g/mol. The summed E-state index contributed by atoms with van der Waals surface area (Å²) < 4.78 is 0.936. The molecule has 0 aromatic heterocycles. The maximum atomic E-state index is 9.75. The molecule has 0 bridgehead atoms. The molecule has 0 spiro atoms. The van der Waals surface area contributed by atoms with Gasteiger partial charge in [-0.15, -0.1) is 0 Å². The zero-order valence-corrected chi connectivity index (χ0v) is 19.6. The largest absolute Gasteiger partial charge is 1.00 e. The van der Waals surface area contributed by atoms with Gasteiger partial charge in [0.2, 0.25) is 0 Å². The van der Waals surface area contributed by atoms with Crippen molar-refractivity contribution >= 4 is 15.9 Å². The van der Waals surface area contributed by atoms with Gasteiger partial charge < -0.3 is 22.0 Å². The van der Waals surface area contributed by atoms with Crippen molar-refractivity contribution in [3.63, 3.8) is 0 Å². The SMILES string of the molecule is CCCCCCCCCCCCCCCC[N+](C)(C)CC(O)CBr.[Cl-]. The van der Waals surface area contributed by atoms with E-state index in [1.54, 1.807) is 0 Å². The Morgan fingerprint density at radius 1 is 0.720 bits per heavy atom. The maximum absolute atomic E-state index is 9.75. The summed E-state index contributed by atoms with van der Waals surface area (Å²) in [4.78, 5) is 0. The van der Waals surface area contributed by atoms with Gasteiger partial charge in [0, 0.05) is 5.33 Å². The fraction of sp³-hybridized carbons (Fsp3) is 1.00. The normalized spacial score (nSPS) is 12.8. The molecule has 0 fully saturated rings. The Morgan fingerprint density at radius 3 is 1.44 bits per heavy atom. The molecule has 1 N–H and O–H groups in total. The molecule has 1 unspecified atom stereocenters. The summed E-state index contributed by atoms with van der Waals surface area (Å²) in [5.74, 6) is 0. The number of nitrogens with zero attached hydrogens (tertiary/aromatic N) is 1. The van der Waals surface area contributed by atoms with Crippen LogP contribution >= 0.6 is 15.9 Å². The Hall–Kier alpha value is 0.690. The average molecular weight is 443 g/mol. The second-order valence-corrected chi connectivity index (χ2v) is 8.89. The van der Waals surface area contributed by atoms with E-state index in [1.807, 2.05) is 0 Å². The summed E-state index contributed by atoms with van der Waals surface area (Å²) in [6.45, 7) is 4.32. The number of rotatable bonds is 18. The summed E-state index contributed by atoms with van der Waals surface area (Å²) in [6, 6.07) is 0. The van der Waals surface area contributed by atoms with E-state index in [-0.39, 0.29) is 18.5 Å². The molecule has 0 amide bonds. The Balaban J connectivity index is 0. The summed E-state index contributed by atoms with van der Waals surface area (Å²) in [7, 11) is 4.46. The predicted molar refractivity (Wildman–Crippen MR) is 112 cm³/mol. The summed E-state index contributed by atoms with van der Waals surface area (Å²) >= 11 is 3.35. The van der Waals surface area contributed by atoms with Crippen LogP contribution < -0.4 is 12.4 Å². The lowest BCUT2D eigenvalue weighted by molar-refractivity contribution is -0.893. The fourth-order valence-electron chi connectivity index (χ4n) is 3.44. The van der Waals surface area contributed by atoms with Gasteiger partial charge in [-0.05, 0) is 12.8 Å². The molecule has 0 saturated heterocycles. The minimum absolute atomic E-state index is 0. The van der Waals surface area contributed by atoms with Crippen molar-refractivity contribution in [1.82, 2.24) is 0 Å². The van der Waals surface area contributed by atoms with E-state index >= 15 is 0 Å². The molecule has 25 heavy (non-hydrogen) atoms. The van der Waals surface area contributed by atoms with Crippen molar-refractivity contribution in [1.29, 1.82) is 0 Å². The van der Waals surface area contributed by atoms with Gasteiger partial charge in [0.25, 0.3) is 0 Å². The number of alkyl halides is 1. The van der Waals surface area contributed by atoms with Gasteiger partial charge in [0.1, 0.15) is 12.6 Å². The first kappa shape index (κ1) is 27.9. The van der Waals surface area contributed by atoms with Crippen LogP contribution in [0.4, 0.5) is 0 Å². The van der Waals surface area contributed by atoms with Crippen LogP contribution in [-0.4, -0.2) is 48.2 Å². The Kier molecular flexibility index (Phi) is 21.7. The van der Waals surface area contributed by atoms with E-state index in [0.29, 0.717) is 5.33 Å². The van der Waals surface area contributed by atoms with Crippen LogP contribution in [0, 0.1) is 0 Å². The smallest absolute Gasteiger partial charge is 0.112 e. The van der Waals surface area contributed by atoms with E-state index in [1.165, 1.54) is 96.4 Å². The molecule has 1 atom stereocenters. The van der Waals surface area contributed by atoms with E-state index in [0.717, 1.165) is 11.0 Å². The number of aliphatic hydroxyl groups excluding tert-OH is 1. The van der Waals surface area contributed by atoms with E-state index in [4.69, 9.17) is 0 Å². The average Bonchev–Trinajstić information content (AvgIpc) is 2.54. The summed E-state index contributed by atoms with van der Waals surface area (Å²) in [5, 5.41) is 10.4. The highest BCUT2D eigenvalue weighted by atomic mass is 79.9. The van der Waals surface area contributed by atoms with Crippen molar-refractivity contribution in [2.45, 2.75) is 103 Å². The zero-order valence-electron chi connectivity index (χ0n) is 17.2. The standard InChI is InChI=1S/C21H45BrNO.ClH/c1-4-5-6-7-8-9-10-11-12-13-14-15-16-17-18-23(2,3)20-21(24)19-22;/h21,24H,4-20H2,1-3H3;1H/q+1;/p-1. The van der Waals surface area contributed by atoms with Crippen LogP contribution in [0.15, 0.2) is 0 Å². The summed E-state index contributed by atoms with van der Waals surface area (Å²) in [6.07, 6.45) is 19.6. The van der Waals surface area contributed by atoms with Gasteiger partial charge in [-0.3, -0.25) is 0 Å². The maximum Gasteiger partial charge on any atom is 0.112 e. The first-order chi connectivity index (χ1) is 11.5. The number of hydrogen-bond donors (Lipinski definition) is 1. The highest BCUT2D eigenvalue weighted by Gasteiger charge is 2.18. The lowest BCUT2D eigenvalue weighted by Gasteiger charge is -2.31. The Morgan fingerprint density at radius 2 is 1.08 bits per heavy atom. The van der Waals surface area contributed by atoms with E-state index in [9.17, 15) is 5.11 Å². The molecule has 0 aromatic rings. The van der Waals surface area contributed by atoms with Crippen LogP contribution in [0.1, 0.15) is 96.8 Å². The van der Waals surface area contributed by atoms with Gasteiger partial charge in [-0.1, -0.05) is 99.9 Å². The minimum Gasteiger partial charge on any atom is -1.00 e. The van der Waals surface area contributed by atoms with Crippen LogP contribution in [0.25, 0.3) is 0 Å². The fourth-order valence-corrected chi connectivity index (χ4v) is 3.65. The van der Waals surface area contributed by atoms with Crippen molar-refractivity contribution in [3.05, 3.63) is 0 Å².